The first-order valence-electron chi connectivity index (χ1n) is 7.29. The van der Waals surface area contributed by atoms with Gasteiger partial charge in [-0.05, 0) is 52.5 Å². The van der Waals surface area contributed by atoms with Gasteiger partial charge in [0.05, 0.1) is 11.7 Å². The highest BCUT2D eigenvalue weighted by Gasteiger charge is 2.32. The maximum absolute atomic E-state index is 12.2. The lowest BCUT2D eigenvalue weighted by atomic mass is 9.93. The number of carbonyl (C=O) groups is 1. The fraction of sp³-hybridized carbons (Fsp3) is 0.733. The van der Waals surface area contributed by atoms with E-state index in [-0.39, 0.29) is 11.9 Å². The smallest absolute Gasteiger partial charge is 0.252 e. The fourth-order valence-corrected chi connectivity index (χ4v) is 2.39. The minimum absolute atomic E-state index is 0.000625. The van der Waals surface area contributed by atoms with Crippen LogP contribution in [0.2, 0.25) is 0 Å². The molecule has 0 saturated heterocycles. The predicted molar refractivity (Wildman–Crippen MR) is 77.5 cm³/mol. The summed E-state index contributed by atoms with van der Waals surface area (Å²) in [4.78, 5) is 12.2. The van der Waals surface area contributed by atoms with Crippen LogP contribution >= 0.6 is 0 Å². The van der Waals surface area contributed by atoms with Crippen molar-refractivity contribution in [3.63, 3.8) is 0 Å². The summed E-state index contributed by atoms with van der Waals surface area (Å²) >= 11 is 0. The second-order valence-corrected chi connectivity index (χ2v) is 6.25. The first-order chi connectivity index (χ1) is 9.35. The van der Waals surface area contributed by atoms with Gasteiger partial charge >= 0.3 is 0 Å². The third-order valence-corrected chi connectivity index (χ3v) is 4.00. The van der Waals surface area contributed by atoms with Gasteiger partial charge in [0.1, 0.15) is 5.60 Å². The molecule has 1 aromatic heterocycles. The van der Waals surface area contributed by atoms with Crippen LogP contribution in [0.1, 0.15) is 63.9 Å². The monoisotopic (exact) mass is 279 g/mol. The van der Waals surface area contributed by atoms with Gasteiger partial charge in [-0.1, -0.05) is 0 Å². The zero-order valence-electron chi connectivity index (χ0n) is 13.1. The Bertz CT molecular complexity index is 491. The van der Waals surface area contributed by atoms with E-state index in [4.69, 9.17) is 4.74 Å². The molecule has 20 heavy (non-hydrogen) atoms. The lowest BCUT2D eigenvalue weighted by molar-refractivity contribution is -0.140. The Kier molecular flexibility index (Phi) is 4.18. The molecule has 1 aliphatic carbocycles. The highest BCUT2D eigenvalue weighted by molar-refractivity contribution is 5.84. The molecule has 0 unspecified atom stereocenters. The molecule has 0 fully saturated rings. The topological polar surface area (TPSA) is 56.1 Å². The van der Waals surface area contributed by atoms with Gasteiger partial charge in [0.25, 0.3) is 5.91 Å². The number of nitrogens with one attached hydrogen (secondary N) is 1. The van der Waals surface area contributed by atoms with Crippen LogP contribution in [-0.4, -0.2) is 28.4 Å². The molecule has 1 N–H and O–H groups in total. The Morgan fingerprint density at radius 1 is 1.55 bits per heavy atom. The molecule has 5 heteroatoms. The number of rotatable bonds is 4. The number of aromatic nitrogens is 2. The van der Waals surface area contributed by atoms with Gasteiger partial charge < -0.3 is 10.1 Å². The van der Waals surface area contributed by atoms with Gasteiger partial charge in [0, 0.05) is 19.3 Å². The van der Waals surface area contributed by atoms with Crippen LogP contribution in [0.5, 0.6) is 0 Å². The number of nitrogens with zero attached hydrogens (tertiary/aromatic N) is 2. The van der Waals surface area contributed by atoms with Crippen LogP contribution < -0.4 is 5.32 Å². The number of hydrogen-bond acceptors (Lipinski definition) is 3. The zero-order chi connectivity index (χ0) is 14.9. The molecule has 112 valence electrons. The van der Waals surface area contributed by atoms with E-state index < -0.39 is 5.60 Å². The number of ether oxygens (including phenoxy) is 1. The van der Waals surface area contributed by atoms with Crippen molar-refractivity contribution < 1.29 is 9.53 Å². The molecular formula is C15H25N3O2. The van der Waals surface area contributed by atoms with Crippen molar-refractivity contribution in [2.75, 3.05) is 7.11 Å². The van der Waals surface area contributed by atoms with Crippen molar-refractivity contribution in [3.05, 3.63) is 17.5 Å². The van der Waals surface area contributed by atoms with Gasteiger partial charge in [0.15, 0.2) is 0 Å². The highest BCUT2D eigenvalue weighted by Crippen LogP contribution is 2.30. The second-order valence-electron chi connectivity index (χ2n) is 6.25. The first kappa shape index (κ1) is 15.0. The van der Waals surface area contributed by atoms with Gasteiger partial charge in [-0.25, -0.2) is 0 Å². The minimum Gasteiger partial charge on any atom is -0.369 e. The average molecular weight is 279 g/mol. The van der Waals surface area contributed by atoms with Gasteiger partial charge in [-0.2, -0.15) is 5.10 Å². The van der Waals surface area contributed by atoms with E-state index in [2.05, 4.69) is 30.5 Å². The number of methoxy groups -OCH3 is 1. The van der Waals surface area contributed by atoms with Gasteiger partial charge in [-0.15, -0.1) is 0 Å². The van der Waals surface area contributed by atoms with Crippen molar-refractivity contribution in [2.45, 2.75) is 64.6 Å². The summed E-state index contributed by atoms with van der Waals surface area (Å²) in [6.07, 6.45) is 5.17. The third-order valence-electron chi connectivity index (χ3n) is 4.00. The molecule has 2 rings (SSSR count). The van der Waals surface area contributed by atoms with Crippen molar-refractivity contribution in [2.24, 2.45) is 0 Å². The van der Waals surface area contributed by atoms with E-state index >= 15 is 0 Å². The molecule has 1 atom stereocenters. The van der Waals surface area contributed by atoms with E-state index in [0.29, 0.717) is 6.04 Å². The Balaban J connectivity index is 2.18. The number of carbonyl (C=O) groups excluding carboxylic acids is 1. The average Bonchev–Trinajstić information content (AvgIpc) is 2.84. The number of hydrogen-bond donors (Lipinski definition) is 1. The van der Waals surface area contributed by atoms with Gasteiger partial charge in [-0.3, -0.25) is 9.48 Å². The van der Waals surface area contributed by atoms with Crippen molar-refractivity contribution >= 4 is 5.91 Å². The molecule has 1 aliphatic rings. The molecule has 0 bridgehead atoms. The molecule has 0 aromatic carbocycles. The molecule has 0 spiro atoms. The zero-order valence-corrected chi connectivity index (χ0v) is 13.1. The summed E-state index contributed by atoms with van der Waals surface area (Å²) < 4.78 is 7.22. The van der Waals surface area contributed by atoms with Gasteiger partial charge in [0.2, 0.25) is 0 Å². The molecule has 0 aliphatic heterocycles. The normalized spacial score (nSPS) is 19.0. The van der Waals surface area contributed by atoms with E-state index in [1.54, 1.807) is 21.0 Å². The summed E-state index contributed by atoms with van der Waals surface area (Å²) in [6, 6.07) is 0.341. The van der Waals surface area contributed by atoms with Crippen LogP contribution in [0.15, 0.2) is 6.20 Å². The molecule has 5 nitrogen and oxygen atoms in total. The first-order valence-corrected chi connectivity index (χ1v) is 7.29. The van der Waals surface area contributed by atoms with Crippen molar-refractivity contribution in [1.29, 1.82) is 0 Å². The van der Waals surface area contributed by atoms with E-state index in [0.717, 1.165) is 25.0 Å². The Morgan fingerprint density at radius 2 is 2.25 bits per heavy atom. The second kappa shape index (κ2) is 5.56. The van der Waals surface area contributed by atoms with Crippen LogP contribution in [0.4, 0.5) is 0 Å². The maximum Gasteiger partial charge on any atom is 0.252 e. The number of amides is 1. The van der Waals surface area contributed by atoms with Crippen LogP contribution in [0, 0.1) is 0 Å². The molecule has 1 heterocycles. The van der Waals surface area contributed by atoms with E-state index in [1.807, 2.05) is 4.68 Å². The lowest BCUT2D eigenvalue weighted by Crippen LogP contribution is -2.45. The van der Waals surface area contributed by atoms with E-state index in [1.165, 1.54) is 5.56 Å². The fourth-order valence-electron chi connectivity index (χ4n) is 2.39. The summed E-state index contributed by atoms with van der Waals surface area (Å²) in [5.41, 5.74) is 1.47. The summed E-state index contributed by atoms with van der Waals surface area (Å²) in [5.74, 6) is -0.0862. The van der Waals surface area contributed by atoms with Crippen molar-refractivity contribution in [1.82, 2.24) is 15.1 Å². The molecule has 1 amide bonds. The largest absolute Gasteiger partial charge is 0.369 e. The summed E-state index contributed by atoms with van der Waals surface area (Å²) in [7, 11) is 1.55. The number of fused-ring (bicyclic) bond motifs is 1. The minimum atomic E-state index is -0.807. The van der Waals surface area contributed by atoms with Crippen molar-refractivity contribution in [3.8, 4) is 0 Å². The van der Waals surface area contributed by atoms with Crippen LogP contribution in [0.3, 0.4) is 0 Å². The van der Waals surface area contributed by atoms with Crippen LogP contribution in [0.25, 0.3) is 0 Å². The Hall–Kier alpha value is -1.36. The molecular weight excluding hydrogens is 254 g/mol. The molecule has 0 saturated carbocycles. The highest BCUT2D eigenvalue weighted by atomic mass is 16.5. The summed E-state index contributed by atoms with van der Waals surface area (Å²) in [5, 5.41) is 7.73. The lowest BCUT2D eigenvalue weighted by Gasteiger charge is -2.27. The quantitative estimate of drug-likeness (QED) is 0.920. The Morgan fingerprint density at radius 3 is 2.85 bits per heavy atom. The third kappa shape index (κ3) is 2.87. The SMILES string of the molecule is COC(C)(C)C(=O)N[C@H]1CCCc2cn(C(C)C)nc21. The molecule has 1 aromatic rings. The Labute approximate surface area is 120 Å². The number of aryl methyl sites for hydroxylation is 1. The predicted octanol–water partition coefficient (Wildman–Crippen LogP) is 2.38. The van der Waals surface area contributed by atoms with Crippen LogP contribution in [-0.2, 0) is 16.0 Å². The standard InChI is InChI=1S/C15H25N3O2/c1-10(2)18-9-11-7-6-8-12(13(11)17-18)16-14(19)15(3,4)20-5/h9-10,12H,6-8H2,1-5H3,(H,16,19)/t12-/m0/s1. The van der Waals surface area contributed by atoms with E-state index in [9.17, 15) is 4.79 Å². The summed E-state index contributed by atoms with van der Waals surface area (Å²) in [6.45, 7) is 7.78. The maximum atomic E-state index is 12.2. The molecule has 0 radical (unpaired) electrons.